The van der Waals surface area contributed by atoms with Crippen molar-refractivity contribution in [2.24, 2.45) is 0 Å². The van der Waals surface area contributed by atoms with Crippen LogP contribution < -0.4 is 20.1 Å². The molecule has 0 aliphatic carbocycles. The molecule has 0 aliphatic rings. The van der Waals surface area contributed by atoms with E-state index in [9.17, 15) is 10.2 Å². The Kier molecular flexibility index (Phi) is 11.4. The number of hydrogen-bond donors (Lipinski definition) is 4. The summed E-state index contributed by atoms with van der Waals surface area (Å²) < 4.78 is 11.5. The summed E-state index contributed by atoms with van der Waals surface area (Å²) in [5.41, 5.74) is 4.71. The second-order valence-corrected chi connectivity index (χ2v) is 9.63. The number of aliphatic hydroxyl groups excluding tert-OH is 2. The van der Waals surface area contributed by atoms with Gasteiger partial charge in [0, 0.05) is 26.2 Å². The largest absolute Gasteiger partial charge is 0.491 e. The summed E-state index contributed by atoms with van der Waals surface area (Å²) in [6.07, 6.45) is -0.375. The van der Waals surface area contributed by atoms with Gasteiger partial charge in [0.25, 0.3) is 0 Å². The Bertz CT molecular complexity index is 1110. The van der Waals surface area contributed by atoms with Gasteiger partial charge in [-0.05, 0) is 52.9 Å². The van der Waals surface area contributed by atoms with Crippen LogP contribution in [0.3, 0.4) is 0 Å². The molecule has 0 unspecified atom stereocenters. The summed E-state index contributed by atoms with van der Waals surface area (Å²) in [4.78, 5) is 0. The fraction of sp³-hybridized carbons (Fsp3) is 0.273. The quantitative estimate of drug-likeness (QED) is 0.174. The second kappa shape index (κ2) is 15.7. The maximum Gasteiger partial charge on any atom is 0.119 e. The van der Waals surface area contributed by atoms with Gasteiger partial charge in [-0.1, -0.05) is 84.9 Å². The molecule has 4 N–H and O–H groups in total. The van der Waals surface area contributed by atoms with Crippen molar-refractivity contribution in [3.8, 4) is 11.5 Å². The molecule has 0 saturated carbocycles. The Hall–Kier alpha value is -3.68. The van der Waals surface area contributed by atoms with E-state index >= 15 is 0 Å². The Morgan fingerprint density at radius 3 is 1.26 bits per heavy atom. The zero-order chi connectivity index (χ0) is 27.1. The van der Waals surface area contributed by atoms with Gasteiger partial charge in [0.05, 0.1) is 0 Å². The lowest BCUT2D eigenvalue weighted by atomic mass is 10.0. The van der Waals surface area contributed by atoms with Gasteiger partial charge >= 0.3 is 0 Å². The Morgan fingerprint density at radius 1 is 0.487 bits per heavy atom. The summed E-state index contributed by atoms with van der Waals surface area (Å²) >= 11 is 0. The van der Waals surface area contributed by atoms with E-state index in [0.29, 0.717) is 26.2 Å². The summed E-state index contributed by atoms with van der Waals surface area (Å²) in [7, 11) is 0. The van der Waals surface area contributed by atoms with E-state index in [1.165, 1.54) is 22.3 Å². The second-order valence-electron chi connectivity index (χ2n) is 9.63. The minimum absolute atomic E-state index is 0.236. The number of hydrogen-bond acceptors (Lipinski definition) is 6. The average molecular weight is 527 g/mol. The van der Waals surface area contributed by atoms with Crippen molar-refractivity contribution in [3.63, 3.8) is 0 Å². The first-order valence-corrected chi connectivity index (χ1v) is 13.4. The van der Waals surface area contributed by atoms with Gasteiger partial charge in [-0.3, -0.25) is 0 Å². The molecule has 0 amide bonds. The molecule has 39 heavy (non-hydrogen) atoms. The standard InChI is InChI=1S/C33H38N2O4/c36-30(22-34-20-28-7-3-1-4-8-28)24-38-32-15-11-26(12-16-32)19-27-13-17-33(18-14-27)39-25-31(37)23-35-21-29-9-5-2-6-10-29/h1-18,30-31,34-37H,19-25H2/t30-,31-/m1/s1. The molecule has 4 aromatic rings. The molecule has 0 aliphatic heterocycles. The molecule has 6 heteroatoms. The van der Waals surface area contributed by atoms with Gasteiger partial charge in [-0.25, -0.2) is 0 Å². The lowest BCUT2D eigenvalue weighted by Crippen LogP contribution is -2.31. The van der Waals surface area contributed by atoms with Crippen LogP contribution in [0.5, 0.6) is 11.5 Å². The molecule has 204 valence electrons. The average Bonchev–Trinajstić information content (AvgIpc) is 2.97. The SMILES string of the molecule is O[C@H](CNCc1ccccc1)COc1ccc(Cc2ccc(OC[C@H](O)CNCc3ccccc3)cc2)cc1. The summed E-state index contributed by atoms with van der Waals surface area (Å²) in [5, 5.41) is 26.9. The molecule has 4 aromatic carbocycles. The van der Waals surface area contributed by atoms with Crippen molar-refractivity contribution in [3.05, 3.63) is 131 Å². The van der Waals surface area contributed by atoms with E-state index in [0.717, 1.165) is 17.9 Å². The zero-order valence-corrected chi connectivity index (χ0v) is 22.2. The van der Waals surface area contributed by atoms with Crippen LogP contribution in [-0.4, -0.2) is 48.7 Å². The summed E-state index contributed by atoms with van der Waals surface area (Å²) in [6, 6.07) is 36.1. The number of rotatable bonds is 16. The van der Waals surface area contributed by atoms with Gasteiger partial charge in [0.1, 0.15) is 36.9 Å². The van der Waals surface area contributed by atoms with Crippen molar-refractivity contribution in [2.45, 2.75) is 31.7 Å². The molecule has 0 aromatic heterocycles. The third kappa shape index (κ3) is 10.5. The zero-order valence-electron chi connectivity index (χ0n) is 22.2. The maximum atomic E-state index is 10.2. The molecule has 2 atom stereocenters. The molecule has 0 fully saturated rings. The van der Waals surface area contributed by atoms with Gasteiger partial charge in [0.15, 0.2) is 0 Å². The fourth-order valence-electron chi connectivity index (χ4n) is 4.10. The third-order valence-electron chi connectivity index (χ3n) is 6.24. The Labute approximate surface area is 231 Å². The van der Waals surface area contributed by atoms with Crippen molar-refractivity contribution in [1.29, 1.82) is 0 Å². The van der Waals surface area contributed by atoms with Crippen LogP contribution in [0.25, 0.3) is 0 Å². The lowest BCUT2D eigenvalue weighted by molar-refractivity contribution is 0.106. The molecule has 0 bridgehead atoms. The minimum Gasteiger partial charge on any atom is -0.491 e. The minimum atomic E-state index is -0.583. The maximum absolute atomic E-state index is 10.2. The molecule has 0 spiro atoms. The Balaban J connectivity index is 1.11. The van der Waals surface area contributed by atoms with Crippen LogP contribution in [0.1, 0.15) is 22.3 Å². The normalized spacial score (nSPS) is 12.6. The van der Waals surface area contributed by atoms with Crippen molar-refractivity contribution in [2.75, 3.05) is 26.3 Å². The highest BCUT2D eigenvalue weighted by atomic mass is 16.5. The van der Waals surface area contributed by atoms with Crippen molar-refractivity contribution < 1.29 is 19.7 Å². The molecule has 4 rings (SSSR count). The van der Waals surface area contributed by atoms with Gasteiger partial charge in [-0.15, -0.1) is 0 Å². The smallest absolute Gasteiger partial charge is 0.119 e. The van der Waals surface area contributed by atoms with E-state index < -0.39 is 12.2 Å². The van der Waals surface area contributed by atoms with E-state index in [1.807, 2.05) is 84.9 Å². The van der Waals surface area contributed by atoms with Crippen LogP contribution in [0.4, 0.5) is 0 Å². The van der Waals surface area contributed by atoms with E-state index in [-0.39, 0.29) is 13.2 Å². The third-order valence-corrected chi connectivity index (χ3v) is 6.24. The van der Waals surface area contributed by atoms with Gasteiger partial charge in [-0.2, -0.15) is 0 Å². The Morgan fingerprint density at radius 2 is 0.872 bits per heavy atom. The van der Waals surface area contributed by atoms with Crippen LogP contribution in [-0.2, 0) is 19.5 Å². The van der Waals surface area contributed by atoms with E-state index in [2.05, 4.69) is 34.9 Å². The molecule has 0 saturated heterocycles. The molecule has 6 nitrogen and oxygen atoms in total. The predicted molar refractivity (Wildman–Crippen MR) is 155 cm³/mol. The van der Waals surface area contributed by atoms with Crippen LogP contribution in [0.2, 0.25) is 0 Å². The molecule has 0 heterocycles. The first-order chi connectivity index (χ1) is 19.1. The van der Waals surface area contributed by atoms with Gasteiger partial charge in [0.2, 0.25) is 0 Å². The predicted octanol–water partition coefficient (Wildman–Crippen LogP) is 4.34. The first kappa shape index (κ1) is 28.3. The monoisotopic (exact) mass is 526 g/mol. The summed E-state index contributed by atoms with van der Waals surface area (Å²) in [5.74, 6) is 1.47. The highest BCUT2D eigenvalue weighted by molar-refractivity contribution is 5.34. The molecule has 0 radical (unpaired) electrons. The van der Waals surface area contributed by atoms with E-state index in [1.54, 1.807) is 0 Å². The van der Waals surface area contributed by atoms with Gasteiger partial charge < -0.3 is 30.3 Å². The number of nitrogens with one attached hydrogen (secondary N) is 2. The van der Waals surface area contributed by atoms with Crippen LogP contribution in [0.15, 0.2) is 109 Å². The van der Waals surface area contributed by atoms with Crippen LogP contribution in [0, 0.1) is 0 Å². The number of benzene rings is 4. The number of ether oxygens (including phenoxy) is 2. The summed E-state index contributed by atoms with van der Waals surface area (Å²) in [6.45, 7) is 2.84. The first-order valence-electron chi connectivity index (χ1n) is 13.4. The highest BCUT2D eigenvalue weighted by Gasteiger charge is 2.07. The lowest BCUT2D eigenvalue weighted by Gasteiger charge is -2.14. The van der Waals surface area contributed by atoms with Crippen molar-refractivity contribution >= 4 is 0 Å². The van der Waals surface area contributed by atoms with E-state index in [4.69, 9.17) is 9.47 Å². The van der Waals surface area contributed by atoms with Crippen LogP contribution >= 0.6 is 0 Å². The highest BCUT2D eigenvalue weighted by Crippen LogP contribution is 2.18. The molecular weight excluding hydrogens is 488 g/mol. The molecular formula is C33H38N2O4. The fourth-order valence-corrected chi connectivity index (χ4v) is 4.10. The van der Waals surface area contributed by atoms with Crippen molar-refractivity contribution in [1.82, 2.24) is 10.6 Å². The topological polar surface area (TPSA) is 83.0 Å². The number of aliphatic hydroxyl groups is 2.